The maximum atomic E-state index is 11.8. The maximum Gasteiger partial charge on any atom is 0.138 e. The first-order valence-corrected chi connectivity index (χ1v) is 5.99. The van der Waals surface area contributed by atoms with Crippen LogP contribution < -0.4 is 0 Å². The molecule has 0 aliphatic carbocycles. The van der Waals surface area contributed by atoms with Crippen molar-refractivity contribution in [2.45, 2.75) is 60.8 Å². The van der Waals surface area contributed by atoms with Crippen LogP contribution in [0.1, 0.15) is 60.8 Å². The summed E-state index contributed by atoms with van der Waals surface area (Å²) in [5, 5.41) is 0. The molecule has 0 N–H and O–H groups in total. The molecule has 0 fully saturated rings. The third-order valence-electron chi connectivity index (χ3n) is 3.42. The average molecular weight is 210 g/mol. The molecule has 0 radical (unpaired) electrons. The van der Waals surface area contributed by atoms with Gasteiger partial charge in [-0.25, -0.2) is 0 Å². The zero-order valence-corrected chi connectivity index (χ0v) is 11.2. The van der Waals surface area contributed by atoms with Crippen molar-refractivity contribution >= 4 is 5.78 Å². The molecule has 0 aromatic rings. The van der Waals surface area contributed by atoms with Gasteiger partial charge in [0.2, 0.25) is 0 Å². The Labute approximate surface area is 95.0 Å². The molecule has 0 saturated heterocycles. The summed E-state index contributed by atoms with van der Waals surface area (Å²) < 4.78 is 0. The number of allylic oxidation sites excluding steroid dienone is 2. The highest BCUT2D eigenvalue weighted by Gasteiger charge is 2.31. The van der Waals surface area contributed by atoms with Gasteiger partial charge in [-0.3, -0.25) is 4.79 Å². The normalized spacial score (nSPS) is 13.5. The van der Waals surface area contributed by atoms with Crippen molar-refractivity contribution in [3.8, 4) is 0 Å². The molecule has 1 unspecified atom stereocenters. The van der Waals surface area contributed by atoms with E-state index in [9.17, 15) is 4.79 Å². The molecule has 0 rings (SSSR count). The van der Waals surface area contributed by atoms with Crippen LogP contribution in [0.5, 0.6) is 0 Å². The molecule has 0 aliphatic heterocycles. The predicted molar refractivity (Wildman–Crippen MR) is 66.9 cm³/mol. The minimum absolute atomic E-state index is 0.162. The summed E-state index contributed by atoms with van der Waals surface area (Å²) in [5.74, 6) is 0.841. The average Bonchev–Trinajstić information content (AvgIpc) is 2.15. The van der Waals surface area contributed by atoms with Crippen LogP contribution >= 0.6 is 0 Å². The van der Waals surface area contributed by atoms with E-state index in [1.165, 1.54) is 5.57 Å². The monoisotopic (exact) mass is 210 g/mol. The molecule has 0 aromatic heterocycles. The summed E-state index contributed by atoms with van der Waals surface area (Å²) in [5.41, 5.74) is 1.20. The topological polar surface area (TPSA) is 17.1 Å². The molecule has 1 nitrogen and oxygen atoms in total. The van der Waals surface area contributed by atoms with Crippen LogP contribution in [-0.2, 0) is 4.79 Å². The quantitative estimate of drug-likeness (QED) is 0.595. The summed E-state index contributed by atoms with van der Waals surface area (Å²) in [6.45, 7) is 12.5. The SMILES string of the molecule is CCC(=O)C(C)(C)C(C)CCC=C(C)C. The molecule has 0 spiro atoms. The summed E-state index contributed by atoms with van der Waals surface area (Å²) in [6.07, 6.45) is 5.09. The van der Waals surface area contributed by atoms with Gasteiger partial charge in [0.15, 0.2) is 0 Å². The van der Waals surface area contributed by atoms with E-state index >= 15 is 0 Å². The summed E-state index contributed by atoms with van der Waals surface area (Å²) in [6, 6.07) is 0. The Morgan fingerprint density at radius 1 is 1.33 bits per heavy atom. The number of Topliss-reactive ketones (excluding diaryl/α,β-unsaturated/α-hetero) is 1. The molecule has 0 heterocycles. The van der Waals surface area contributed by atoms with E-state index in [4.69, 9.17) is 0 Å². The van der Waals surface area contributed by atoms with E-state index in [0.717, 1.165) is 12.8 Å². The summed E-state index contributed by atoms with van der Waals surface area (Å²) in [4.78, 5) is 11.8. The van der Waals surface area contributed by atoms with Crippen LogP contribution in [0, 0.1) is 11.3 Å². The van der Waals surface area contributed by atoms with Crippen LogP contribution in [0.3, 0.4) is 0 Å². The van der Waals surface area contributed by atoms with E-state index in [1.54, 1.807) is 0 Å². The van der Waals surface area contributed by atoms with Gasteiger partial charge in [-0.1, -0.05) is 39.3 Å². The number of carbonyl (C=O) groups excluding carboxylic acids is 1. The van der Waals surface area contributed by atoms with Gasteiger partial charge in [0, 0.05) is 11.8 Å². The van der Waals surface area contributed by atoms with Gasteiger partial charge in [0.25, 0.3) is 0 Å². The van der Waals surface area contributed by atoms with E-state index in [0.29, 0.717) is 18.1 Å². The highest BCUT2D eigenvalue weighted by molar-refractivity contribution is 5.84. The molecule has 1 atom stereocenters. The van der Waals surface area contributed by atoms with Gasteiger partial charge in [0.05, 0.1) is 0 Å². The Hall–Kier alpha value is -0.590. The first kappa shape index (κ1) is 14.4. The minimum atomic E-state index is -0.162. The fourth-order valence-corrected chi connectivity index (χ4v) is 1.71. The van der Waals surface area contributed by atoms with Crippen LogP contribution in [-0.4, -0.2) is 5.78 Å². The van der Waals surface area contributed by atoms with Crippen molar-refractivity contribution in [1.29, 1.82) is 0 Å². The Kier molecular flexibility index (Phi) is 5.85. The summed E-state index contributed by atoms with van der Waals surface area (Å²) in [7, 11) is 0. The van der Waals surface area contributed by atoms with Crippen molar-refractivity contribution in [1.82, 2.24) is 0 Å². The maximum absolute atomic E-state index is 11.8. The lowest BCUT2D eigenvalue weighted by atomic mass is 9.73. The molecular formula is C14H26O. The van der Waals surface area contributed by atoms with Gasteiger partial charge in [-0.15, -0.1) is 0 Å². The lowest BCUT2D eigenvalue weighted by Crippen LogP contribution is -2.30. The third-order valence-corrected chi connectivity index (χ3v) is 3.42. The largest absolute Gasteiger partial charge is 0.299 e. The Bertz CT molecular complexity index is 232. The molecule has 0 bridgehead atoms. The molecule has 0 aromatic carbocycles. The lowest BCUT2D eigenvalue weighted by molar-refractivity contribution is -0.129. The van der Waals surface area contributed by atoms with Crippen molar-refractivity contribution in [3.05, 3.63) is 11.6 Å². The Balaban J connectivity index is 4.25. The van der Waals surface area contributed by atoms with E-state index < -0.39 is 0 Å². The highest BCUT2D eigenvalue weighted by atomic mass is 16.1. The molecule has 0 aliphatic rings. The van der Waals surface area contributed by atoms with Gasteiger partial charge in [-0.05, 0) is 32.6 Å². The molecule has 88 valence electrons. The molecule has 0 amide bonds. The summed E-state index contributed by atoms with van der Waals surface area (Å²) >= 11 is 0. The van der Waals surface area contributed by atoms with Gasteiger partial charge in [0.1, 0.15) is 5.78 Å². The Morgan fingerprint density at radius 3 is 2.27 bits per heavy atom. The highest BCUT2D eigenvalue weighted by Crippen LogP contribution is 2.32. The number of hydrogen-bond acceptors (Lipinski definition) is 1. The fraction of sp³-hybridized carbons (Fsp3) is 0.786. The number of carbonyl (C=O) groups is 1. The number of rotatable bonds is 6. The van der Waals surface area contributed by atoms with Gasteiger partial charge in [-0.2, -0.15) is 0 Å². The van der Waals surface area contributed by atoms with Crippen LogP contribution in [0.15, 0.2) is 11.6 Å². The Morgan fingerprint density at radius 2 is 1.87 bits per heavy atom. The van der Waals surface area contributed by atoms with Crippen molar-refractivity contribution in [2.24, 2.45) is 11.3 Å². The van der Waals surface area contributed by atoms with Crippen LogP contribution in [0.2, 0.25) is 0 Å². The van der Waals surface area contributed by atoms with Crippen LogP contribution in [0.25, 0.3) is 0 Å². The van der Waals surface area contributed by atoms with Crippen molar-refractivity contribution in [2.75, 3.05) is 0 Å². The molecule has 0 saturated carbocycles. The second-order valence-corrected chi connectivity index (χ2v) is 5.26. The fourth-order valence-electron chi connectivity index (χ4n) is 1.71. The van der Waals surface area contributed by atoms with Crippen molar-refractivity contribution < 1.29 is 4.79 Å². The zero-order chi connectivity index (χ0) is 12.1. The smallest absolute Gasteiger partial charge is 0.138 e. The predicted octanol–water partition coefficient (Wildman–Crippen LogP) is 4.37. The number of hydrogen-bond donors (Lipinski definition) is 0. The van der Waals surface area contributed by atoms with E-state index in [-0.39, 0.29) is 5.41 Å². The third kappa shape index (κ3) is 4.63. The first-order chi connectivity index (χ1) is 6.82. The number of ketones is 1. The van der Waals surface area contributed by atoms with E-state index in [2.05, 4.69) is 40.7 Å². The van der Waals surface area contributed by atoms with Crippen LogP contribution in [0.4, 0.5) is 0 Å². The molecule has 15 heavy (non-hydrogen) atoms. The second kappa shape index (κ2) is 6.09. The molecule has 1 heteroatoms. The molecular weight excluding hydrogens is 184 g/mol. The van der Waals surface area contributed by atoms with E-state index in [1.807, 2.05) is 6.92 Å². The minimum Gasteiger partial charge on any atom is -0.299 e. The standard InChI is InChI=1S/C14H26O/c1-7-13(15)14(5,6)12(4)10-8-9-11(2)3/h9,12H,7-8,10H2,1-6H3. The van der Waals surface area contributed by atoms with Gasteiger partial charge >= 0.3 is 0 Å². The zero-order valence-electron chi connectivity index (χ0n) is 11.2. The second-order valence-electron chi connectivity index (χ2n) is 5.26. The first-order valence-electron chi connectivity index (χ1n) is 5.99. The van der Waals surface area contributed by atoms with Crippen molar-refractivity contribution in [3.63, 3.8) is 0 Å². The lowest BCUT2D eigenvalue weighted by Gasteiger charge is -2.29. The van der Waals surface area contributed by atoms with Gasteiger partial charge < -0.3 is 0 Å².